The molecule has 5 rings (SSSR count). The lowest BCUT2D eigenvalue weighted by Crippen LogP contribution is -2.34. The average Bonchev–Trinajstić information content (AvgIpc) is 2.95. The third-order valence-corrected chi connectivity index (χ3v) is 6.43. The van der Waals surface area contributed by atoms with Crippen molar-refractivity contribution in [3.63, 3.8) is 0 Å². The van der Waals surface area contributed by atoms with Crippen LogP contribution in [0, 0.1) is 0 Å². The molecular weight excluding hydrogens is 456 g/mol. The van der Waals surface area contributed by atoms with Gasteiger partial charge in [0.25, 0.3) is 5.56 Å². The van der Waals surface area contributed by atoms with Crippen molar-refractivity contribution in [2.24, 2.45) is 5.10 Å². The Kier molecular flexibility index (Phi) is 5.36. The second-order valence-electron chi connectivity index (χ2n) is 7.97. The summed E-state index contributed by atoms with van der Waals surface area (Å²) in [4.78, 5) is 20.2. The van der Waals surface area contributed by atoms with E-state index >= 15 is 0 Å². The Morgan fingerprint density at radius 3 is 2.84 bits per heavy atom. The number of benzene rings is 2. The molecular formula is C24H23BrN4O2. The third kappa shape index (κ3) is 3.90. The highest BCUT2D eigenvalue weighted by atomic mass is 79.9. The van der Waals surface area contributed by atoms with Gasteiger partial charge in [-0.2, -0.15) is 9.78 Å². The van der Waals surface area contributed by atoms with Crippen LogP contribution in [-0.4, -0.2) is 28.5 Å². The number of hydrogen-bond acceptors (Lipinski definition) is 5. The molecule has 0 spiro atoms. The number of ether oxygens (including phenoxy) is 1. The normalized spacial score (nSPS) is 17.8. The van der Waals surface area contributed by atoms with E-state index in [9.17, 15) is 4.79 Å². The van der Waals surface area contributed by atoms with Gasteiger partial charge in [0.2, 0.25) is 0 Å². The molecule has 1 aromatic heterocycles. The molecule has 1 atom stereocenters. The van der Waals surface area contributed by atoms with Gasteiger partial charge in [-0.25, -0.2) is 4.98 Å². The van der Waals surface area contributed by atoms with E-state index in [4.69, 9.17) is 14.8 Å². The highest BCUT2D eigenvalue weighted by Crippen LogP contribution is 2.38. The van der Waals surface area contributed by atoms with Crippen LogP contribution in [0.15, 0.2) is 69.0 Å². The summed E-state index contributed by atoms with van der Waals surface area (Å²) in [5, 5.41) is 4.71. The Hall–Kier alpha value is -2.93. The van der Waals surface area contributed by atoms with Gasteiger partial charge in [0.1, 0.15) is 12.4 Å². The van der Waals surface area contributed by atoms with Gasteiger partial charge in [-0.15, -0.1) is 0 Å². The molecule has 2 aliphatic rings. The number of rotatable bonds is 3. The first kappa shape index (κ1) is 20.0. The second-order valence-corrected chi connectivity index (χ2v) is 8.82. The lowest BCUT2D eigenvalue weighted by atomic mass is 9.99. The van der Waals surface area contributed by atoms with Crippen molar-refractivity contribution in [2.75, 3.05) is 18.1 Å². The lowest BCUT2D eigenvalue weighted by Gasteiger charge is -2.31. The van der Waals surface area contributed by atoms with Gasteiger partial charge < -0.3 is 9.64 Å². The minimum Gasteiger partial charge on any atom is -0.488 e. The maximum atomic E-state index is 13.1. The molecule has 3 heterocycles. The van der Waals surface area contributed by atoms with E-state index in [1.54, 1.807) is 6.07 Å². The van der Waals surface area contributed by atoms with Gasteiger partial charge in [-0.05, 0) is 46.5 Å². The summed E-state index contributed by atoms with van der Waals surface area (Å²) in [5.74, 6) is 1.71. The molecule has 3 aromatic rings. The molecule has 0 aliphatic carbocycles. The fourth-order valence-corrected chi connectivity index (χ4v) is 4.63. The van der Waals surface area contributed by atoms with Gasteiger partial charge in [-0.3, -0.25) is 4.79 Å². The van der Waals surface area contributed by atoms with Crippen molar-refractivity contribution in [1.82, 2.24) is 9.66 Å². The molecule has 6 nitrogen and oxygen atoms in total. The number of hydrogen-bond donors (Lipinski definition) is 0. The molecule has 7 heteroatoms. The zero-order valence-electron chi connectivity index (χ0n) is 17.3. The molecule has 0 fully saturated rings. The number of halogens is 1. The first-order chi connectivity index (χ1) is 15.1. The predicted octanol–water partition coefficient (Wildman–Crippen LogP) is 4.55. The van der Waals surface area contributed by atoms with Crippen LogP contribution in [0.4, 0.5) is 5.69 Å². The van der Waals surface area contributed by atoms with Gasteiger partial charge in [0.15, 0.2) is 5.75 Å². The molecule has 2 aromatic carbocycles. The molecule has 1 unspecified atom stereocenters. The van der Waals surface area contributed by atoms with E-state index in [-0.39, 0.29) is 11.5 Å². The monoisotopic (exact) mass is 478 g/mol. The summed E-state index contributed by atoms with van der Waals surface area (Å²) in [7, 11) is 0. The summed E-state index contributed by atoms with van der Waals surface area (Å²) in [6.07, 6.45) is 1.71. The molecule has 0 N–H and O–H groups in total. The molecule has 31 heavy (non-hydrogen) atoms. The van der Waals surface area contributed by atoms with E-state index in [2.05, 4.69) is 27.8 Å². The van der Waals surface area contributed by atoms with Crippen molar-refractivity contribution < 1.29 is 4.74 Å². The Balaban J connectivity index is 1.51. The molecule has 0 amide bonds. The first-order valence-electron chi connectivity index (χ1n) is 10.5. The van der Waals surface area contributed by atoms with Crippen molar-refractivity contribution >= 4 is 27.3 Å². The smallest absolute Gasteiger partial charge is 0.274 e. The fraction of sp³-hybridized carbons (Fsp3) is 0.292. The summed E-state index contributed by atoms with van der Waals surface area (Å²) in [5.41, 5.74) is 3.61. The van der Waals surface area contributed by atoms with Gasteiger partial charge in [-0.1, -0.05) is 43.3 Å². The third-order valence-electron chi connectivity index (χ3n) is 5.80. The van der Waals surface area contributed by atoms with Crippen LogP contribution >= 0.6 is 15.9 Å². The molecule has 158 valence electrons. The van der Waals surface area contributed by atoms with Crippen molar-refractivity contribution in [3.05, 3.63) is 86.5 Å². The van der Waals surface area contributed by atoms with Crippen molar-refractivity contribution in [2.45, 2.75) is 32.2 Å². The summed E-state index contributed by atoms with van der Waals surface area (Å²) < 4.78 is 8.26. The standard InChI is InChI=1S/C24H23BrN4O2/c1-16-10-11-20(17-6-3-2-4-7-17)27-29-22(30)14-18(26-24(16)29)15-28-12-13-31-23-19(25)8-5-9-21(23)28/h2-9,14,16H,10-13,15H2,1H3. The van der Waals surface area contributed by atoms with Crippen molar-refractivity contribution in [1.29, 1.82) is 0 Å². The van der Waals surface area contributed by atoms with Gasteiger partial charge in [0, 0.05) is 12.0 Å². The topological polar surface area (TPSA) is 59.7 Å². The molecule has 2 aliphatic heterocycles. The molecule has 0 bridgehead atoms. The van der Waals surface area contributed by atoms with Crippen LogP contribution in [0.3, 0.4) is 0 Å². The first-order valence-corrected chi connectivity index (χ1v) is 11.3. The fourth-order valence-electron chi connectivity index (χ4n) is 4.16. The largest absolute Gasteiger partial charge is 0.488 e. The Bertz CT molecular complexity index is 1210. The summed E-state index contributed by atoms with van der Waals surface area (Å²) >= 11 is 3.56. The maximum Gasteiger partial charge on any atom is 0.274 e. The van der Waals surface area contributed by atoms with Crippen LogP contribution in [0.5, 0.6) is 5.75 Å². The molecule has 0 saturated carbocycles. The maximum absolute atomic E-state index is 13.1. The zero-order valence-corrected chi connectivity index (χ0v) is 18.9. The van der Waals surface area contributed by atoms with Crippen molar-refractivity contribution in [3.8, 4) is 5.75 Å². The number of para-hydroxylation sites is 1. The molecule has 0 saturated heterocycles. The minimum absolute atomic E-state index is 0.134. The van der Waals surface area contributed by atoms with Crippen LogP contribution in [-0.2, 0) is 6.54 Å². The average molecular weight is 479 g/mol. The number of anilines is 1. The van der Waals surface area contributed by atoms with E-state index in [0.717, 1.165) is 58.1 Å². The van der Waals surface area contributed by atoms with Crippen LogP contribution in [0.1, 0.15) is 42.8 Å². The Morgan fingerprint density at radius 2 is 2.00 bits per heavy atom. The van der Waals surface area contributed by atoms with Crippen LogP contribution < -0.4 is 15.2 Å². The number of fused-ring (bicyclic) bond motifs is 2. The predicted molar refractivity (Wildman–Crippen MR) is 125 cm³/mol. The quantitative estimate of drug-likeness (QED) is 0.553. The van der Waals surface area contributed by atoms with Crippen LogP contribution in [0.2, 0.25) is 0 Å². The SMILES string of the molecule is CC1CCC(c2ccccc2)=Nn2c1nc(CN1CCOc3c(Br)cccc31)cc2=O. The highest BCUT2D eigenvalue weighted by molar-refractivity contribution is 9.10. The second kappa shape index (κ2) is 8.30. The lowest BCUT2D eigenvalue weighted by molar-refractivity contribution is 0.304. The van der Waals surface area contributed by atoms with E-state index in [0.29, 0.717) is 13.2 Å². The Morgan fingerprint density at radius 1 is 1.16 bits per heavy atom. The van der Waals surface area contributed by atoms with E-state index in [1.807, 2.05) is 48.5 Å². The number of aromatic nitrogens is 2. The number of nitrogens with zero attached hydrogens (tertiary/aromatic N) is 4. The van der Waals surface area contributed by atoms with Crippen LogP contribution in [0.25, 0.3) is 0 Å². The van der Waals surface area contributed by atoms with E-state index in [1.165, 1.54) is 4.68 Å². The molecule has 0 radical (unpaired) electrons. The highest BCUT2D eigenvalue weighted by Gasteiger charge is 2.24. The summed E-state index contributed by atoms with van der Waals surface area (Å²) in [6.45, 7) is 4.01. The zero-order chi connectivity index (χ0) is 21.4. The van der Waals surface area contributed by atoms with E-state index < -0.39 is 0 Å². The summed E-state index contributed by atoms with van der Waals surface area (Å²) in [6, 6.07) is 17.7. The Labute approximate surface area is 189 Å². The minimum atomic E-state index is -0.134. The van der Waals surface area contributed by atoms with Gasteiger partial charge >= 0.3 is 0 Å². The van der Waals surface area contributed by atoms with Gasteiger partial charge in [0.05, 0.1) is 34.7 Å².